The highest BCUT2D eigenvalue weighted by molar-refractivity contribution is 9.10. The first kappa shape index (κ1) is 20.0. The van der Waals surface area contributed by atoms with Crippen molar-refractivity contribution in [1.82, 2.24) is 5.01 Å². The van der Waals surface area contributed by atoms with Crippen LogP contribution in [-0.4, -0.2) is 48.0 Å². The molecule has 154 valence electrons. The molecule has 1 N–H and O–H groups in total. The fourth-order valence-electron chi connectivity index (χ4n) is 3.35. The minimum Gasteiger partial charge on any atom is -0.494 e. The van der Waals surface area contributed by atoms with Gasteiger partial charge in [-0.05, 0) is 55.5 Å². The summed E-state index contributed by atoms with van der Waals surface area (Å²) < 4.78 is 6.20. The van der Waals surface area contributed by atoms with Gasteiger partial charge in [0.25, 0.3) is 11.8 Å². The van der Waals surface area contributed by atoms with E-state index in [1.54, 1.807) is 48.5 Å². The molecule has 3 amide bonds. The third-order valence-corrected chi connectivity index (χ3v) is 5.23. The van der Waals surface area contributed by atoms with Crippen molar-refractivity contribution in [3.63, 3.8) is 0 Å². The molecule has 0 radical (unpaired) electrons. The number of anilines is 2. The summed E-state index contributed by atoms with van der Waals surface area (Å²) in [6, 6.07) is 11.9. The summed E-state index contributed by atoms with van der Waals surface area (Å²) in [7, 11) is 0. The standard InChI is InChI=1S/C20H18BrN5O4/c1-2-30-15-9-5-13(6-10-15)22-16(27)11-25-18-17(23-24-25)19(28)26(20(18)29)14-7-3-12(21)4-8-14/h3-10,17-18H,2,11H2,1H3,(H,22,27). The monoisotopic (exact) mass is 471 g/mol. The second-order valence-corrected chi connectivity index (χ2v) is 7.60. The summed E-state index contributed by atoms with van der Waals surface area (Å²) in [5.74, 6) is -0.576. The molecule has 2 aromatic rings. The number of halogens is 1. The zero-order valence-electron chi connectivity index (χ0n) is 16.0. The number of rotatable bonds is 6. The highest BCUT2D eigenvalue weighted by Gasteiger charge is 2.55. The lowest BCUT2D eigenvalue weighted by Gasteiger charge is -2.20. The van der Waals surface area contributed by atoms with E-state index in [0.29, 0.717) is 23.7 Å². The van der Waals surface area contributed by atoms with Gasteiger partial charge in [0.1, 0.15) is 12.3 Å². The van der Waals surface area contributed by atoms with Gasteiger partial charge in [-0.3, -0.25) is 19.4 Å². The van der Waals surface area contributed by atoms with Crippen molar-refractivity contribution in [3.8, 4) is 5.75 Å². The molecule has 0 saturated carbocycles. The van der Waals surface area contributed by atoms with Crippen LogP contribution in [0.3, 0.4) is 0 Å². The van der Waals surface area contributed by atoms with Gasteiger partial charge in [-0.15, -0.1) is 0 Å². The Labute approximate surface area is 180 Å². The van der Waals surface area contributed by atoms with Gasteiger partial charge < -0.3 is 10.1 Å². The maximum absolute atomic E-state index is 12.9. The van der Waals surface area contributed by atoms with Crippen molar-refractivity contribution in [3.05, 3.63) is 53.0 Å². The first-order chi connectivity index (χ1) is 14.5. The summed E-state index contributed by atoms with van der Waals surface area (Å²) >= 11 is 3.33. The Morgan fingerprint density at radius 1 is 1.10 bits per heavy atom. The van der Waals surface area contributed by atoms with Gasteiger partial charge in [-0.2, -0.15) is 5.11 Å². The van der Waals surface area contributed by atoms with E-state index in [2.05, 4.69) is 31.6 Å². The van der Waals surface area contributed by atoms with Crippen LogP contribution in [0.4, 0.5) is 11.4 Å². The summed E-state index contributed by atoms with van der Waals surface area (Å²) in [4.78, 5) is 39.1. The lowest BCUT2D eigenvalue weighted by molar-refractivity contribution is -0.123. The highest BCUT2D eigenvalue weighted by Crippen LogP contribution is 2.32. The van der Waals surface area contributed by atoms with Gasteiger partial charge in [0.15, 0.2) is 12.1 Å². The molecule has 1 saturated heterocycles. The summed E-state index contributed by atoms with van der Waals surface area (Å²) in [6.45, 7) is 2.24. The normalized spacial score (nSPS) is 19.9. The number of fused-ring (bicyclic) bond motifs is 1. The van der Waals surface area contributed by atoms with Crippen LogP contribution >= 0.6 is 15.9 Å². The molecular weight excluding hydrogens is 454 g/mol. The van der Waals surface area contributed by atoms with Gasteiger partial charge in [-0.1, -0.05) is 21.2 Å². The fraction of sp³-hybridized carbons (Fsp3) is 0.250. The molecule has 0 spiro atoms. The second-order valence-electron chi connectivity index (χ2n) is 6.69. The Balaban J connectivity index is 1.43. The van der Waals surface area contributed by atoms with E-state index in [1.165, 1.54) is 5.01 Å². The quantitative estimate of drug-likeness (QED) is 0.652. The van der Waals surface area contributed by atoms with E-state index in [0.717, 1.165) is 9.37 Å². The third-order valence-electron chi connectivity index (χ3n) is 4.70. The molecular formula is C20H18BrN5O4. The molecule has 9 nitrogen and oxygen atoms in total. The second kappa shape index (κ2) is 8.23. The zero-order chi connectivity index (χ0) is 21.3. The lowest BCUT2D eigenvalue weighted by Crippen LogP contribution is -2.43. The van der Waals surface area contributed by atoms with Gasteiger partial charge >= 0.3 is 0 Å². The van der Waals surface area contributed by atoms with Crippen LogP contribution in [0.5, 0.6) is 5.75 Å². The number of ether oxygens (including phenoxy) is 1. The van der Waals surface area contributed by atoms with Gasteiger partial charge in [0.2, 0.25) is 5.91 Å². The topological polar surface area (TPSA) is 104 Å². The molecule has 1 fully saturated rings. The number of carbonyl (C=O) groups excluding carboxylic acids is 3. The number of nitrogens with zero attached hydrogens (tertiary/aromatic N) is 4. The SMILES string of the molecule is CCOc1ccc(NC(=O)CN2N=NC3C(=O)N(c4ccc(Br)cc4)C(=O)C32)cc1. The first-order valence-corrected chi connectivity index (χ1v) is 10.1. The molecule has 2 aliphatic rings. The first-order valence-electron chi connectivity index (χ1n) is 9.31. The molecule has 30 heavy (non-hydrogen) atoms. The number of imide groups is 1. The average molecular weight is 472 g/mol. The van der Waals surface area contributed by atoms with E-state index >= 15 is 0 Å². The van der Waals surface area contributed by atoms with Crippen molar-refractivity contribution in [2.24, 2.45) is 10.3 Å². The molecule has 4 rings (SSSR count). The smallest absolute Gasteiger partial charge is 0.263 e. The number of hydrogen-bond acceptors (Lipinski definition) is 7. The lowest BCUT2D eigenvalue weighted by atomic mass is 10.1. The Morgan fingerprint density at radius 3 is 2.47 bits per heavy atom. The fourth-order valence-corrected chi connectivity index (χ4v) is 3.61. The molecule has 10 heteroatoms. The van der Waals surface area contributed by atoms with E-state index in [9.17, 15) is 14.4 Å². The summed E-state index contributed by atoms with van der Waals surface area (Å²) in [5.41, 5.74) is 1.04. The number of hydrogen-bond donors (Lipinski definition) is 1. The van der Waals surface area contributed by atoms with E-state index < -0.39 is 23.9 Å². The van der Waals surface area contributed by atoms with Crippen molar-refractivity contribution in [2.45, 2.75) is 19.0 Å². The van der Waals surface area contributed by atoms with E-state index in [1.807, 2.05) is 6.92 Å². The minimum absolute atomic E-state index is 0.203. The zero-order valence-corrected chi connectivity index (χ0v) is 17.6. The Hall–Kier alpha value is -3.27. The van der Waals surface area contributed by atoms with Gasteiger partial charge in [-0.25, -0.2) is 4.90 Å². The molecule has 0 aliphatic carbocycles. The number of benzene rings is 2. The maximum atomic E-state index is 12.9. The average Bonchev–Trinajstić information content (AvgIpc) is 3.24. The van der Waals surface area contributed by atoms with Gasteiger partial charge in [0.05, 0.1) is 12.3 Å². The number of nitrogens with one attached hydrogen (secondary N) is 1. The Morgan fingerprint density at radius 2 is 1.80 bits per heavy atom. The highest BCUT2D eigenvalue weighted by atomic mass is 79.9. The third kappa shape index (κ3) is 3.78. The van der Waals surface area contributed by atoms with Crippen LogP contribution in [0.25, 0.3) is 0 Å². The Kier molecular flexibility index (Phi) is 5.49. The van der Waals surface area contributed by atoms with Crippen molar-refractivity contribution in [2.75, 3.05) is 23.4 Å². The largest absolute Gasteiger partial charge is 0.494 e. The molecule has 2 atom stereocenters. The van der Waals surface area contributed by atoms with Crippen LogP contribution in [0.2, 0.25) is 0 Å². The van der Waals surface area contributed by atoms with E-state index in [4.69, 9.17) is 4.74 Å². The molecule has 2 aliphatic heterocycles. The minimum atomic E-state index is -0.945. The molecule has 2 unspecified atom stereocenters. The molecule has 0 aromatic heterocycles. The van der Waals surface area contributed by atoms with Crippen LogP contribution in [-0.2, 0) is 14.4 Å². The van der Waals surface area contributed by atoms with Crippen molar-refractivity contribution in [1.29, 1.82) is 0 Å². The van der Waals surface area contributed by atoms with Crippen LogP contribution in [0, 0.1) is 0 Å². The molecule has 2 aromatic carbocycles. The van der Waals surface area contributed by atoms with Crippen LogP contribution < -0.4 is 15.0 Å². The predicted molar refractivity (Wildman–Crippen MR) is 112 cm³/mol. The van der Waals surface area contributed by atoms with Crippen molar-refractivity contribution < 1.29 is 19.1 Å². The molecule has 0 bridgehead atoms. The number of amides is 3. The van der Waals surface area contributed by atoms with E-state index in [-0.39, 0.29) is 12.5 Å². The Bertz CT molecular complexity index is 1010. The molecule has 2 heterocycles. The number of carbonyl (C=O) groups is 3. The van der Waals surface area contributed by atoms with Crippen LogP contribution in [0.15, 0.2) is 63.3 Å². The summed E-state index contributed by atoms with van der Waals surface area (Å²) in [6.07, 6.45) is 0. The van der Waals surface area contributed by atoms with Crippen LogP contribution in [0.1, 0.15) is 6.92 Å². The maximum Gasteiger partial charge on any atom is 0.263 e. The predicted octanol–water partition coefficient (Wildman–Crippen LogP) is 2.78. The van der Waals surface area contributed by atoms with Gasteiger partial charge in [0, 0.05) is 10.2 Å². The van der Waals surface area contributed by atoms with Crippen molar-refractivity contribution >= 4 is 45.0 Å². The summed E-state index contributed by atoms with van der Waals surface area (Å²) in [5, 5.41) is 11.8.